The summed E-state index contributed by atoms with van der Waals surface area (Å²) >= 11 is 1.08. The first-order valence-corrected chi connectivity index (χ1v) is 9.49. The standard InChI is InChI=1S/C20H18F2N4O2S/c1-2-11-26-17(12-28-16-6-4-3-5-15(16)22)24-25-20(26)29-18(19(23)27)13-7-9-14(21)10-8-13/h2-10,18H,1,11-12H2,(H2,23,27). The Kier molecular flexibility index (Phi) is 6.61. The number of para-hydroxylation sites is 1. The molecule has 150 valence electrons. The van der Waals surface area contributed by atoms with Gasteiger partial charge < -0.3 is 10.5 Å². The number of rotatable bonds is 9. The van der Waals surface area contributed by atoms with Gasteiger partial charge in [0.25, 0.3) is 0 Å². The Morgan fingerprint density at radius 2 is 1.93 bits per heavy atom. The van der Waals surface area contributed by atoms with E-state index in [0.29, 0.717) is 23.1 Å². The van der Waals surface area contributed by atoms with Gasteiger partial charge in [-0.1, -0.05) is 42.1 Å². The number of thioether (sulfide) groups is 1. The molecule has 2 N–H and O–H groups in total. The molecule has 1 aromatic heterocycles. The van der Waals surface area contributed by atoms with Crippen LogP contribution in [0.5, 0.6) is 5.75 Å². The minimum absolute atomic E-state index is 0.0277. The highest BCUT2D eigenvalue weighted by Crippen LogP contribution is 2.34. The molecule has 1 atom stereocenters. The molecule has 0 saturated heterocycles. The maximum absolute atomic E-state index is 13.8. The Balaban J connectivity index is 1.83. The van der Waals surface area contributed by atoms with E-state index in [-0.39, 0.29) is 12.4 Å². The number of amides is 1. The van der Waals surface area contributed by atoms with Crippen LogP contribution in [0.1, 0.15) is 16.6 Å². The molecule has 3 rings (SSSR count). The highest BCUT2D eigenvalue weighted by molar-refractivity contribution is 8.00. The van der Waals surface area contributed by atoms with Crippen molar-refractivity contribution in [2.24, 2.45) is 5.73 Å². The second-order valence-electron chi connectivity index (χ2n) is 5.97. The van der Waals surface area contributed by atoms with E-state index in [4.69, 9.17) is 10.5 Å². The molecule has 0 bridgehead atoms. The molecule has 6 nitrogen and oxygen atoms in total. The number of allylic oxidation sites excluding steroid dienone is 1. The third-order valence-corrected chi connectivity index (χ3v) is 5.21. The zero-order valence-electron chi connectivity index (χ0n) is 15.3. The van der Waals surface area contributed by atoms with E-state index >= 15 is 0 Å². The maximum atomic E-state index is 13.8. The van der Waals surface area contributed by atoms with Crippen molar-refractivity contribution in [2.45, 2.75) is 23.6 Å². The molecule has 0 aliphatic heterocycles. The van der Waals surface area contributed by atoms with E-state index in [2.05, 4.69) is 16.8 Å². The number of hydrogen-bond acceptors (Lipinski definition) is 5. The fourth-order valence-electron chi connectivity index (χ4n) is 2.56. The molecular weight excluding hydrogens is 398 g/mol. The summed E-state index contributed by atoms with van der Waals surface area (Å²) in [5.41, 5.74) is 6.08. The topological polar surface area (TPSA) is 83.0 Å². The second-order valence-corrected chi connectivity index (χ2v) is 7.04. The van der Waals surface area contributed by atoms with Crippen LogP contribution in [0.3, 0.4) is 0 Å². The van der Waals surface area contributed by atoms with Crippen molar-refractivity contribution in [1.29, 1.82) is 0 Å². The average Bonchev–Trinajstić information content (AvgIpc) is 3.08. The van der Waals surface area contributed by atoms with Crippen LogP contribution < -0.4 is 10.5 Å². The number of nitrogens with two attached hydrogens (primary N) is 1. The number of primary amides is 1. The van der Waals surface area contributed by atoms with Crippen molar-refractivity contribution < 1.29 is 18.3 Å². The predicted octanol–water partition coefficient (Wildman–Crippen LogP) is 3.64. The number of carbonyl (C=O) groups is 1. The Morgan fingerprint density at radius 1 is 1.21 bits per heavy atom. The Hall–Kier alpha value is -3.20. The van der Waals surface area contributed by atoms with Crippen molar-refractivity contribution in [3.05, 3.63) is 84.2 Å². The highest BCUT2D eigenvalue weighted by atomic mass is 32.2. The van der Waals surface area contributed by atoms with Crippen LogP contribution in [0.4, 0.5) is 8.78 Å². The molecule has 9 heteroatoms. The molecule has 1 amide bonds. The molecule has 0 radical (unpaired) electrons. The lowest BCUT2D eigenvalue weighted by Gasteiger charge is -2.14. The van der Waals surface area contributed by atoms with Crippen molar-refractivity contribution in [2.75, 3.05) is 0 Å². The summed E-state index contributed by atoms with van der Waals surface area (Å²) in [5.74, 6) is -0.973. The summed E-state index contributed by atoms with van der Waals surface area (Å²) in [7, 11) is 0. The first-order chi connectivity index (χ1) is 14.0. The van der Waals surface area contributed by atoms with Gasteiger partial charge in [-0.3, -0.25) is 9.36 Å². The molecule has 29 heavy (non-hydrogen) atoms. The molecule has 0 saturated carbocycles. The highest BCUT2D eigenvalue weighted by Gasteiger charge is 2.24. The normalized spacial score (nSPS) is 11.8. The quantitative estimate of drug-likeness (QED) is 0.425. The summed E-state index contributed by atoms with van der Waals surface area (Å²) in [6, 6.07) is 11.5. The molecule has 1 unspecified atom stereocenters. The fourth-order valence-corrected chi connectivity index (χ4v) is 3.58. The van der Waals surface area contributed by atoms with Crippen LogP contribution in [-0.2, 0) is 17.9 Å². The third-order valence-electron chi connectivity index (χ3n) is 3.95. The molecule has 0 aliphatic rings. The van der Waals surface area contributed by atoms with Crippen molar-refractivity contribution in [3.63, 3.8) is 0 Å². The third kappa shape index (κ3) is 5.00. The van der Waals surface area contributed by atoms with Gasteiger partial charge in [-0.05, 0) is 29.8 Å². The smallest absolute Gasteiger partial charge is 0.235 e. The van der Waals surface area contributed by atoms with E-state index in [1.54, 1.807) is 22.8 Å². The van der Waals surface area contributed by atoms with Crippen LogP contribution in [0, 0.1) is 11.6 Å². The summed E-state index contributed by atoms with van der Waals surface area (Å²) in [4.78, 5) is 12.0. The molecule has 3 aromatic rings. The SMILES string of the molecule is C=CCn1c(COc2ccccc2F)nnc1SC(C(N)=O)c1ccc(F)cc1. The van der Waals surface area contributed by atoms with E-state index in [9.17, 15) is 13.6 Å². The van der Waals surface area contributed by atoms with Gasteiger partial charge in [-0.25, -0.2) is 8.78 Å². The molecule has 1 heterocycles. The second kappa shape index (κ2) is 9.33. The minimum atomic E-state index is -0.788. The number of aromatic nitrogens is 3. The number of carbonyl (C=O) groups excluding carboxylic acids is 1. The van der Waals surface area contributed by atoms with Gasteiger partial charge in [0.15, 0.2) is 22.5 Å². The number of nitrogens with zero attached hydrogens (tertiary/aromatic N) is 3. The van der Waals surface area contributed by atoms with Gasteiger partial charge in [-0.15, -0.1) is 16.8 Å². The molecule has 2 aromatic carbocycles. The van der Waals surface area contributed by atoms with Gasteiger partial charge in [0.1, 0.15) is 17.7 Å². The van der Waals surface area contributed by atoms with Crippen LogP contribution in [0.2, 0.25) is 0 Å². The van der Waals surface area contributed by atoms with Gasteiger partial charge in [0.05, 0.1) is 0 Å². The van der Waals surface area contributed by atoms with E-state index in [1.165, 1.54) is 36.4 Å². The Labute approximate surface area is 170 Å². The van der Waals surface area contributed by atoms with Crippen LogP contribution in [0.25, 0.3) is 0 Å². The molecular formula is C20H18F2N4O2S. The van der Waals surface area contributed by atoms with Gasteiger partial charge >= 0.3 is 0 Å². The number of hydrogen-bond donors (Lipinski definition) is 1. The van der Waals surface area contributed by atoms with Crippen molar-refractivity contribution >= 4 is 17.7 Å². The summed E-state index contributed by atoms with van der Waals surface area (Å²) < 4.78 is 34.1. The zero-order chi connectivity index (χ0) is 20.8. The minimum Gasteiger partial charge on any atom is -0.483 e. The largest absolute Gasteiger partial charge is 0.483 e. The van der Waals surface area contributed by atoms with Gasteiger partial charge in [0.2, 0.25) is 5.91 Å². The van der Waals surface area contributed by atoms with E-state index < -0.39 is 22.8 Å². The fraction of sp³-hybridized carbons (Fsp3) is 0.150. The molecule has 0 aliphatic carbocycles. The lowest BCUT2D eigenvalue weighted by molar-refractivity contribution is -0.117. The lowest BCUT2D eigenvalue weighted by Crippen LogP contribution is -2.19. The lowest BCUT2D eigenvalue weighted by atomic mass is 10.1. The maximum Gasteiger partial charge on any atom is 0.235 e. The number of ether oxygens (including phenoxy) is 1. The summed E-state index contributed by atoms with van der Waals surface area (Å²) in [6.45, 7) is 4.03. The zero-order valence-corrected chi connectivity index (χ0v) is 16.1. The van der Waals surface area contributed by atoms with Crippen molar-refractivity contribution in [3.8, 4) is 5.75 Å². The van der Waals surface area contributed by atoms with Crippen LogP contribution in [-0.4, -0.2) is 20.7 Å². The van der Waals surface area contributed by atoms with Crippen LogP contribution in [0.15, 0.2) is 66.3 Å². The van der Waals surface area contributed by atoms with Gasteiger partial charge in [0, 0.05) is 6.54 Å². The van der Waals surface area contributed by atoms with E-state index in [1.807, 2.05) is 0 Å². The first-order valence-electron chi connectivity index (χ1n) is 8.61. The van der Waals surface area contributed by atoms with Gasteiger partial charge in [-0.2, -0.15) is 0 Å². The van der Waals surface area contributed by atoms with E-state index in [0.717, 1.165) is 11.8 Å². The molecule has 0 fully saturated rings. The average molecular weight is 416 g/mol. The Morgan fingerprint density at radius 3 is 2.59 bits per heavy atom. The number of halogens is 2. The monoisotopic (exact) mass is 416 g/mol. The first kappa shape index (κ1) is 20.5. The predicted molar refractivity (Wildman–Crippen MR) is 105 cm³/mol. The molecule has 0 spiro atoms. The summed E-state index contributed by atoms with van der Waals surface area (Å²) in [5, 5.41) is 7.81. The van der Waals surface area contributed by atoms with Crippen LogP contribution >= 0.6 is 11.8 Å². The Bertz CT molecular complexity index is 1010. The number of benzene rings is 2. The summed E-state index contributed by atoms with van der Waals surface area (Å²) in [6.07, 6.45) is 1.64. The van der Waals surface area contributed by atoms with Crippen molar-refractivity contribution in [1.82, 2.24) is 14.8 Å².